The van der Waals surface area contributed by atoms with Gasteiger partial charge in [0.05, 0.1) is 29.1 Å². The van der Waals surface area contributed by atoms with E-state index in [-0.39, 0.29) is 13.0 Å². The molecule has 0 unspecified atom stereocenters. The summed E-state index contributed by atoms with van der Waals surface area (Å²) in [5.41, 5.74) is 6.46. The Morgan fingerprint density at radius 3 is 2.56 bits per heavy atom. The number of amides is 4. The second-order valence-electron chi connectivity index (χ2n) is 8.60. The highest BCUT2D eigenvalue weighted by molar-refractivity contribution is 6.35. The van der Waals surface area contributed by atoms with Gasteiger partial charge in [0, 0.05) is 18.0 Å². The molecule has 4 atom stereocenters. The van der Waals surface area contributed by atoms with E-state index in [1.54, 1.807) is 12.1 Å². The minimum atomic E-state index is -1.51. The van der Waals surface area contributed by atoms with Crippen molar-refractivity contribution >= 4 is 40.9 Å². The fourth-order valence-corrected chi connectivity index (χ4v) is 5.69. The maximum absolute atomic E-state index is 13.7. The molecule has 2 aromatic carbocycles. The molecular weight excluding hydrogens is 432 g/mol. The Morgan fingerprint density at radius 2 is 1.88 bits per heavy atom. The van der Waals surface area contributed by atoms with Crippen LogP contribution >= 0.6 is 11.6 Å². The number of primary amides is 1. The summed E-state index contributed by atoms with van der Waals surface area (Å²) in [6.45, 7) is 1.92. The standard InChI is InChI=1S/C23H21ClN4O4/c1-11-7-13-19(14(24)8-11)26-22(32)23(13)18-17(15(27-23)9-16(25)29)20(30)28(21(18)31)10-12-5-3-2-4-6-12/h2-8,15,17-18,27H,9-10H2,1H3,(H2,25,29)(H,26,32)/t15-,17-,18+,23+/m1/s1. The zero-order chi connectivity index (χ0) is 22.8. The fraction of sp³-hybridized carbons (Fsp3) is 0.304. The number of benzene rings is 2. The number of fused-ring (bicyclic) bond motifs is 4. The van der Waals surface area contributed by atoms with E-state index in [0.29, 0.717) is 16.3 Å². The van der Waals surface area contributed by atoms with E-state index in [4.69, 9.17) is 17.3 Å². The second kappa shape index (κ2) is 7.15. The topological polar surface area (TPSA) is 122 Å². The summed E-state index contributed by atoms with van der Waals surface area (Å²) in [6.07, 6.45) is -0.177. The Kier molecular flexibility index (Phi) is 4.61. The summed E-state index contributed by atoms with van der Waals surface area (Å²) in [6, 6.07) is 11.9. The molecule has 4 amide bonds. The lowest BCUT2D eigenvalue weighted by molar-refractivity contribution is -0.143. The highest BCUT2D eigenvalue weighted by Crippen LogP contribution is 2.54. The largest absolute Gasteiger partial charge is 0.370 e. The zero-order valence-electron chi connectivity index (χ0n) is 17.2. The summed E-state index contributed by atoms with van der Waals surface area (Å²) in [5, 5.41) is 6.29. The third kappa shape index (κ3) is 2.79. The molecule has 5 rings (SSSR count). The first-order valence-electron chi connectivity index (χ1n) is 10.3. The molecule has 1 spiro atoms. The molecule has 3 aliphatic heterocycles. The van der Waals surface area contributed by atoms with Crippen LogP contribution in [-0.2, 0) is 31.3 Å². The van der Waals surface area contributed by atoms with E-state index in [9.17, 15) is 19.2 Å². The third-order valence-corrected chi connectivity index (χ3v) is 6.91. The second-order valence-corrected chi connectivity index (χ2v) is 9.01. The van der Waals surface area contributed by atoms with Crippen LogP contribution in [0, 0.1) is 18.8 Å². The van der Waals surface area contributed by atoms with Crippen LogP contribution in [0.1, 0.15) is 23.1 Å². The number of rotatable bonds is 4. The SMILES string of the molecule is Cc1cc(Cl)c2c(c1)[C@@]1(N[C@H](CC(N)=O)[C@H]3C(=O)N(Cc4ccccc4)C(=O)[C@H]31)C(=O)N2. The fourth-order valence-electron chi connectivity index (χ4n) is 5.37. The summed E-state index contributed by atoms with van der Waals surface area (Å²) in [7, 11) is 0. The van der Waals surface area contributed by atoms with Gasteiger partial charge in [-0.2, -0.15) is 0 Å². The molecule has 0 bridgehead atoms. The van der Waals surface area contributed by atoms with Crippen LogP contribution in [0.25, 0.3) is 0 Å². The number of nitrogens with two attached hydrogens (primary N) is 1. The normalized spacial score (nSPS) is 28.2. The van der Waals surface area contributed by atoms with Gasteiger partial charge in [-0.1, -0.05) is 48.0 Å². The number of carbonyl (C=O) groups is 4. The number of carbonyl (C=O) groups excluding carboxylic acids is 4. The number of halogens is 1. The predicted molar refractivity (Wildman–Crippen MR) is 116 cm³/mol. The number of hydrogen-bond acceptors (Lipinski definition) is 5. The number of anilines is 1. The lowest BCUT2D eigenvalue weighted by atomic mass is 9.76. The Labute approximate surface area is 189 Å². The van der Waals surface area contributed by atoms with Crippen molar-refractivity contribution in [1.82, 2.24) is 10.2 Å². The van der Waals surface area contributed by atoms with Crippen molar-refractivity contribution in [3.05, 3.63) is 64.2 Å². The van der Waals surface area contributed by atoms with Crippen LogP contribution in [0.3, 0.4) is 0 Å². The molecule has 9 heteroatoms. The van der Waals surface area contributed by atoms with Crippen molar-refractivity contribution in [3.8, 4) is 0 Å². The van der Waals surface area contributed by atoms with Gasteiger partial charge in [-0.3, -0.25) is 29.4 Å². The van der Waals surface area contributed by atoms with E-state index in [1.165, 1.54) is 4.90 Å². The van der Waals surface area contributed by atoms with Gasteiger partial charge in [0.25, 0.3) is 0 Å². The maximum Gasteiger partial charge on any atom is 0.250 e. The summed E-state index contributed by atoms with van der Waals surface area (Å²) in [5.74, 6) is -3.87. The van der Waals surface area contributed by atoms with Gasteiger partial charge < -0.3 is 11.1 Å². The Bertz CT molecular complexity index is 1180. The third-order valence-electron chi connectivity index (χ3n) is 6.62. The van der Waals surface area contributed by atoms with Crippen LogP contribution in [0.4, 0.5) is 5.69 Å². The quantitative estimate of drug-likeness (QED) is 0.606. The minimum absolute atomic E-state index is 0.0912. The van der Waals surface area contributed by atoms with Crippen molar-refractivity contribution < 1.29 is 19.2 Å². The number of nitrogens with one attached hydrogen (secondary N) is 2. The molecule has 0 saturated carbocycles. The lowest BCUT2D eigenvalue weighted by Crippen LogP contribution is -2.53. The molecule has 32 heavy (non-hydrogen) atoms. The van der Waals surface area contributed by atoms with Crippen molar-refractivity contribution in [2.45, 2.75) is 31.5 Å². The van der Waals surface area contributed by atoms with Crippen molar-refractivity contribution in [3.63, 3.8) is 0 Å². The average Bonchev–Trinajstić information content (AvgIpc) is 3.30. The van der Waals surface area contributed by atoms with Crippen LogP contribution in [0.2, 0.25) is 5.02 Å². The van der Waals surface area contributed by atoms with Gasteiger partial charge >= 0.3 is 0 Å². The number of imide groups is 1. The van der Waals surface area contributed by atoms with Gasteiger partial charge in [-0.15, -0.1) is 0 Å². The van der Waals surface area contributed by atoms with Gasteiger partial charge in [0.2, 0.25) is 23.6 Å². The lowest BCUT2D eigenvalue weighted by Gasteiger charge is -2.29. The highest BCUT2D eigenvalue weighted by Gasteiger charge is 2.70. The Hall–Kier alpha value is -3.23. The molecule has 164 valence electrons. The van der Waals surface area contributed by atoms with Crippen LogP contribution < -0.4 is 16.4 Å². The van der Waals surface area contributed by atoms with Crippen molar-refractivity contribution in [2.75, 3.05) is 5.32 Å². The molecule has 4 N–H and O–H groups in total. The monoisotopic (exact) mass is 452 g/mol. The van der Waals surface area contributed by atoms with E-state index >= 15 is 0 Å². The molecule has 3 heterocycles. The van der Waals surface area contributed by atoms with Crippen molar-refractivity contribution in [2.24, 2.45) is 17.6 Å². The molecule has 0 aliphatic carbocycles. The van der Waals surface area contributed by atoms with Crippen LogP contribution in [0.15, 0.2) is 42.5 Å². The smallest absolute Gasteiger partial charge is 0.250 e. The molecule has 2 saturated heterocycles. The molecule has 0 aromatic heterocycles. The molecular formula is C23H21ClN4O4. The molecule has 3 aliphatic rings. The first-order valence-corrected chi connectivity index (χ1v) is 10.7. The van der Waals surface area contributed by atoms with Gasteiger partial charge in [-0.05, 0) is 24.1 Å². The summed E-state index contributed by atoms with van der Waals surface area (Å²) >= 11 is 6.39. The van der Waals surface area contributed by atoms with E-state index in [1.807, 2.05) is 37.3 Å². The Morgan fingerprint density at radius 1 is 1.16 bits per heavy atom. The number of likely N-dealkylation sites (tertiary alicyclic amines) is 1. The Balaban J connectivity index is 1.64. The van der Waals surface area contributed by atoms with Crippen molar-refractivity contribution in [1.29, 1.82) is 0 Å². The molecule has 8 nitrogen and oxygen atoms in total. The minimum Gasteiger partial charge on any atom is -0.370 e. The van der Waals surface area contributed by atoms with Crippen LogP contribution in [-0.4, -0.2) is 34.6 Å². The highest BCUT2D eigenvalue weighted by atomic mass is 35.5. The summed E-state index contributed by atoms with van der Waals surface area (Å²) < 4.78 is 0. The number of aryl methyl sites for hydroxylation is 1. The first kappa shape index (κ1) is 20.7. The van der Waals surface area contributed by atoms with Gasteiger partial charge in [0.1, 0.15) is 5.54 Å². The van der Waals surface area contributed by atoms with Gasteiger partial charge in [0.15, 0.2) is 0 Å². The van der Waals surface area contributed by atoms with E-state index in [2.05, 4.69) is 10.6 Å². The van der Waals surface area contributed by atoms with Crippen LogP contribution in [0.5, 0.6) is 0 Å². The number of hydrogen-bond donors (Lipinski definition) is 3. The van der Waals surface area contributed by atoms with Gasteiger partial charge in [-0.25, -0.2) is 0 Å². The maximum atomic E-state index is 13.7. The molecule has 0 radical (unpaired) electrons. The molecule has 2 aromatic rings. The zero-order valence-corrected chi connectivity index (χ0v) is 18.0. The predicted octanol–water partition coefficient (Wildman–Crippen LogP) is 1.44. The van der Waals surface area contributed by atoms with E-state index < -0.39 is 47.0 Å². The first-order chi connectivity index (χ1) is 15.2. The number of nitrogens with zero attached hydrogens (tertiary/aromatic N) is 1. The average molecular weight is 453 g/mol. The van der Waals surface area contributed by atoms with E-state index in [0.717, 1.165) is 11.1 Å². The molecule has 2 fully saturated rings. The summed E-state index contributed by atoms with van der Waals surface area (Å²) in [4.78, 5) is 53.5.